The summed E-state index contributed by atoms with van der Waals surface area (Å²) in [6.45, 7) is 5.21. The second-order valence-electron chi connectivity index (χ2n) is 6.47. The number of rotatable bonds is 4. The van der Waals surface area contributed by atoms with Crippen LogP contribution in [0.2, 0.25) is 0 Å². The van der Waals surface area contributed by atoms with Gasteiger partial charge in [0.25, 0.3) is 0 Å². The molecule has 1 saturated heterocycles. The number of hydrogen-bond acceptors (Lipinski definition) is 4. The van der Waals surface area contributed by atoms with E-state index in [-0.39, 0.29) is 0 Å². The van der Waals surface area contributed by atoms with E-state index < -0.39 is 0 Å². The smallest absolute Gasteiger partial charge is 0.231 e. The highest BCUT2D eigenvalue weighted by molar-refractivity contribution is 5.53. The summed E-state index contributed by atoms with van der Waals surface area (Å²) in [7, 11) is 0. The van der Waals surface area contributed by atoms with E-state index >= 15 is 0 Å². The van der Waals surface area contributed by atoms with Gasteiger partial charge in [-0.2, -0.15) is 4.98 Å². The van der Waals surface area contributed by atoms with Crippen LogP contribution < -0.4 is 0 Å². The molecule has 0 spiro atoms. The molecular formula is C20H21N3O. The first kappa shape index (κ1) is 15.1. The molecule has 1 fully saturated rings. The molecule has 0 saturated carbocycles. The molecule has 2 heterocycles. The van der Waals surface area contributed by atoms with Crippen molar-refractivity contribution in [3.05, 3.63) is 71.6 Å². The molecule has 2 aromatic carbocycles. The first-order chi connectivity index (χ1) is 11.8. The minimum Gasteiger partial charge on any atom is -0.339 e. The first-order valence-corrected chi connectivity index (χ1v) is 8.45. The van der Waals surface area contributed by atoms with Gasteiger partial charge >= 0.3 is 0 Å². The van der Waals surface area contributed by atoms with Gasteiger partial charge in [-0.3, -0.25) is 4.90 Å². The Bertz CT molecular complexity index is 813. The quantitative estimate of drug-likeness (QED) is 0.728. The predicted octanol–water partition coefficient (Wildman–Crippen LogP) is 4.03. The molecule has 122 valence electrons. The van der Waals surface area contributed by atoms with Crippen molar-refractivity contribution < 1.29 is 4.52 Å². The Morgan fingerprint density at radius 2 is 1.88 bits per heavy atom. The molecule has 1 aliphatic heterocycles. The molecular weight excluding hydrogens is 298 g/mol. The van der Waals surface area contributed by atoms with Crippen LogP contribution >= 0.6 is 0 Å². The number of aromatic nitrogens is 2. The van der Waals surface area contributed by atoms with Crippen LogP contribution in [0.3, 0.4) is 0 Å². The highest BCUT2D eigenvalue weighted by Crippen LogP contribution is 2.29. The highest BCUT2D eigenvalue weighted by Gasteiger charge is 2.28. The second kappa shape index (κ2) is 6.57. The van der Waals surface area contributed by atoms with Gasteiger partial charge in [0.15, 0.2) is 0 Å². The van der Waals surface area contributed by atoms with Crippen molar-refractivity contribution in [2.45, 2.75) is 25.8 Å². The second-order valence-corrected chi connectivity index (χ2v) is 6.47. The van der Waals surface area contributed by atoms with Crippen LogP contribution in [0.25, 0.3) is 11.4 Å². The molecule has 4 nitrogen and oxygen atoms in total. The van der Waals surface area contributed by atoms with Gasteiger partial charge < -0.3 is 4.52 Å². The van der Waals surface area contributed by atoms with Crippen LogP contribution in [-0.2, 0) is 6.54 Å². The largest absolute Gasteiger partial charge is 0.339 e. The molecule has 4 heteroatoms. The SMILES string of the molecule is Cc1ccccc1CN1CCC(c2nc(-c3ccccc3)no2)C1. The van der Waals surface area contributed by atoms with E-state index in [0.717, 1.165) is 37.5 Å². The minimum absolute atomic E-state index is 0.332. The Labute approximate surface area is 142 Å². The van der Waals surface area contributed by atoms with Gasteiger partial charge in [-0.25, -0.2) is 0 Å². The van der Waals surface area contributed by atoms with Crippen LogP contribution in [0.5, 0.6) is 0 Å². The van der Waals surface area contributed by atoms with E-state index in [4.69, 9.17) is 4.52 Å². The standard InChI is InChI=1S/C20H21N3O/c1-15-7-5-6-10-17(15)13-23-12-11-18(14-23)20-21-19(22-24-20)16-8-3-2-4-9-16/h2-10,18H,11-14H2,1H3. The van der Waals surface area contributed by atoms with Gasteiger partial charge in [0, 0.05) is 18.7 Å². The van der Waals surface area contributed by atoms with Crippen molar-refractivity contribution in [2.75, 3.05) is 13.1 Å². The molecule has 1 unspecified atom stereocenters. The van der Waals surface area contributed by atoms with E-state index in [0.29, 0.717) is 11.7 Å². The predicted molar refractivity (Wildman–Crippen MR) is 93.5 cm³/mol. The Kier molecular flexibility index (Phi) is 4.13. The van der Waals surface area contributed by atoms with Crippen LogP contribution in [0.1, 0.15) is 29.4 Å². The maximum absolute atomic E-state index is 5.54. The third-order valence-corrected chi connectivity index (χ3v) is 4.75. The Morgan fingerprint density at radius 1 is 1.08 bits per heavy atom. The fourth-order valence-corrected chi connectivity index (χ4v) is 3.31. The Hall–Kier alpha value is -2.46. The third-order valence-electron chi connectivity index (χ3n) is 4.75. The molecule has 4 rings (SSSR count). The van der Waals surface area contributed by atoms with Crippen LogP contribution in [-0.4, -0.2) is 28.1 Å². The van der Waals surface area contributed by atoms with Gasteiger partial charge in [0.2, 0.25) is 11.7 Å². The third kappa shape index (κ3) is 3.10. The minimum atomic E-state index is 0.332. The van der Waals surface area contributed by atoms with Gasteiger partial charge in [-0.05, 0) is 31.0 Å². The zero-order valence-corrected chi connectivity index (χ0v) is 13.9. The van der Waals surface area contributed by atoms with Crippen LogP contribution in [0.15, 0.2) is 59.1 Å². The summed E-state index contributed by atoms with van der Waals surface area (Å²) in [5, 5.41) is 4.15. The summed E-state index contributed by atoms with van der Waals surface area (Å²) in [4.78, 5) is 7.09. The molecule has 3 aromatic rings. The van der Waals surface area contributed by atoms with Crippen molar-refractivity contribution in [1.82, 2.24) is 15.0 Å². The van der Waals surface area contributed by atoms with Crippen molar-refractivity contribution >= 4 is 0 Å². The Balaban J connectivity index is 1.44. The van der Waals surface area contributed by atoms with E-state index in [9.17, 15) is 0 Å². The lowest BCUT2D eigenvalue weighted by molar-refractivity contribution is 0.309. The molecule has 0 bridgehead atoms. The lowest BCUT2D eigenvalue weighted by Gasteiger charge is -2.16. The molecule has 0 amide bonds. The van der Waals surface area contributed by atoms with Crippen LogP contribution in [0.4, 0.5) is 0 Å². The van der Waals surface area contributed by atoms with Crippen molar-refractivity contribution in [2.24, 2.45) is 0 Å². The summed E-state index contributed by atoms with van der Waals surface area (Å²) in [6.07, 6.45) is 1.07. The fourth-order valence-electron chi connectivity index (χ4n) is 3.31. The summed E-state index contributed by atoms with van der Waals surface area (Å²) in [5.74, 6) is 1.78. The van der Waals surface area contributed by atoms with Crippen molar-refractivity contribution in [3.8, 4) is 11.4 Å². The molecule has 1 atom stereocenters. The molecule has 1 aliphatic rings. The number of likely N-dealkylation sites (tertiary alicyclic amines) is 1. The van der Waals surface area contributed by atoms with Crippen molar-refractivity contribution in [3.63, 3.8) is 0 Å². The lowest BCUT2D eigenvalue weighted by Crippen LogP contribution is -2.20. The lowest BCUT2D eigenvalue weighted by atomic mass is 10.1. The maximum atomic E-state index is 5.54. The van der Waals surface area contributed by atoms with Gasteiger partial charge in [-0.15, -0.1) is 0 Å². The number of nitrogens with zero attached hydrogens (tertiary/aromatic N) is 3. The zero-order chi connectivity index (χ0) is 16.4. The van der Waals surface area contributed by atoms with Gasteiger partial charge in [-0.1, -0.05) is 59.8 Å². The van der Waals surface area contributed by atoms with Gasteiger partial charge in [0.1, 0.15) is 0 Å². The van der Waals surface area contributed by atoms with Crippen molar-refractivity contribution in [1.29, 1.82) is 0 Å². The molecule has 24 heavy (non-hydrogen) atoms. The summed E-state index contributed by atoms with van der Waals surface area (Å²) < 4.78 is 5.54. The number of hydrogen-bond donors (Lipinski definition) is 0. The Morgan fingerprint density at radius 3 is 2.71 bits per heavy atom. The maximum Gasteiger partial charge on any atom is 0.231 e. The molecule has 0 N–H and O–H groups in total. The molecule has 0 radical (unpaired) electrons. The van der Waals surface area contributed by atoms with E-state index in [1.54, 1.807) is 0 Å². The average Bonchev–Trinajstić information content (AvgIpc) is 3.27. The highest BCUT2D eigenvalue weighted by atomic mass is 16.5. The molecule has 0 aliphatic carbocycles. The first-order valence-electron chi connectivity index (χ1n) is 8.45. The average molecular weight is 319 g/mol. The van der Waals surface area contributed by atoms with E-state index in [2.05, 4.69) is 46.2 Å². The normalized spacial score (nSPS) is 18.1. The fraction of sp³-hybridized carbons (Fsp3) is 0.300. The van der Waals surface area contributed by atoms with Gasteiger partial charge in [0.05, 0.1) is 5.92 Å². The summed E-state index contributed by atoms with van der Waals surface area (Å²) in [6, 6.07) is 18.6. The number of aryl methyl sites for hydroxylation is 1. The number of benzene rings is 2. The molecule has 1 aromatic heterocycles. The van der Waals surface area contributed by atoms with Crippen LogP contribution in [0, 0.1) is 6.92 Å². The zero-order valence-electron chi connectivity index (χ0n) is 13.9. The van der Waals surface area contributed by atoms with E-state index in [1.807, 2.05) is 30.3 Å². The monoisotopic (exact) mass is 319 g/mol. The summed E-state index contributed by atoms with van der Waals surface area (Å²) >= 11 is 0. The van der Waals surface area contributed by atoms with E-state index in [1.165, 1.54) is 11.1 Å². The topological polar surface area (TPSA) is 42.2 Å². The summed E-state index contributed by atoms with van der Waals surface area (Å²) in [5.41, 5.74) is 3.75.